The third-order valence-electron chi connectivity index (χ3n) is 3.70. The van der Waals surface area contributed by atoms with E-state index in [9.17, 15) is 9.59 Å². The summed E-state index contributed by atoms with van der Waals surface area (Å²) in [5, 5.41) is 8.80. The lowest BCUT2D eigenvalue weighted by Gasteiger charge is -2.33. The zero-order valence-corrected chi connectivity index (χ0v) is 11.3. The van der Waals surface area contributed by atoms with Gasteiger partial charge in [-0.1, -0.05) is 18.2 Å². The first kappa shape index (κ1) is 13.6. The highest BCUT2D eigenvalue weighted by Crippen LogP contribution is 2.30. The molecule has 19 heavy (non-hydrogen) atoms. The predicted molar refractivity (Wildman–Crippen MR) is 73.2 cm³/mol. The van der Waals surface area contributed by atoms with Crippen molar-refractivity contribution in [3.8, 4) is 0 Å². The fraction of sp³-hybridized carbons (Fsp3) is 0.467. The van der Waals surface area contributed by atoms with Crippen LogP contribution in [0.5, 0.6) is 0 Å². The molecule has 1 N–H and O–H groups in total. The van der Waals surface area contributed by atoms with Gasteiger partial charge in [-0.25, -0.2) is 0 Å². The summed E-state index contributed by atoms with van der Waals surface area (Å²) in [5.41, 5.74) is 3.16. The first-order chi connectivity index (χ1) is 8.99. The molecule has 0 radical (unpaired) electrons. The van der Waals surface area contributed by atoms with E-state index in [1.54, 1.807) is 0 Å². The van der Waals surface area contributed by atoms with Crippen molar-refractivity contribution < 1.29 is 14.7 Å². The van der Waals surface area contributed by atoms with Gasteiger partial charge in [-0.05, 0) is 37.3 Å². The molecular weight excluding hydrogens is 242 g/mol. The quantitative estimate of drug-likeness (QED) is 0.909. The lowest BCUT2D eigenvalue weighted by molar-refractivity contribution is -0.138. The van der Waals surface area contributed by atoms with Crippen LogP contribution < -0.4 is 4.90 Å². The molecule has 1 heterocycles. The minimum Gasteiger partial charge on any atom is -0.481 e. The Bertz CT molecular complexity index is 490. The Kier molecular flexibility index (Phi) is 3.88. The molecule has 0 spiro atoms. The number of amides is 1. The molecule has 1 atom stereocenters. The summed E-state index contributed by atoms with van der Waals surface area (Å²) < 4.78 is 0. The third-order valence-corrected chi connectivity index (χ3v) is 3.70. The van der Waals surface area contributed by atoms with Crippen LogP contribution in [-0.2, 0) is 9.59 Å². The van der Waals surface area contributed by atoms with Crippen molar-refractivity contribution in [1.82, 2.24) is 0 Å². The topological polar surface area (TPSA) is 57.6 Å². The number of hydrogen-bond donors (Lipinski definition) is 1. The van der Waals surface area contributed by atoms with E-state index in [1.807, 2.05) is 36.9 Å². The number of anilines is 1. The second-order valence-corrected chi connectivity index (χ2v) is 5.24. The molecule has 1 aliphatic heterocycles. The molecular formula is C15H19NO3. The number of aryl methyl sites for hydroxylation is 2. The summed E-state index contributed by atoms with van der Waals surface area (Å²) in [5.74, 6) is -0.807. The Morgan fingerprint density at radius 3 is 2.53 bits per heavy atom. The van der Waals surface area contributed by atoms with Gasteiger partial charge in [0.2, 0.25) is 5.91 Å². The number of carboxylic acids is 1. The normalized spacial score (nSPS) is 19.6. The van der Waals surface area contributed by atoms with E-state index in [1.165, 1.54) is 0 Å². The maximum Gasteiger partial charge on any atom is 0.303 e. The van der Waals surface area contributed by atoms with Crippen molar-refractivity contribution in [2.24, 2.45) is 5.92 Å². The number of hydrogen-bond acceptors (Lipinski definition) is 2. The highest BCUT2D eigenvalue weighted by molar-refractivity contribution is 5.96. The lowest BCUT2D eigenvalue weighted by atomic mass is 9.92. The summed E-state index contributed by atoms with van der Waals surface area (Å²) in [6.45, 7) is 4.61. The number of para-hydroxylation sites is 1. The molecule has 102 valence electrons. The van der Waals surface area contributed by atoms with E-state index in [4.69, 9.17) is 5.11 Å². The number of piperidine rings is 1. The maximum absolute atomic E-state index is 12.2. The highest BCUT2D eigenvalue weighted by Gasteiger charge is 2.29. The number of carbonyl (C=O) groups excluding carboxylic acids is 1. The van der Waals surface area contributed by atoms with Crippen molar-refractivity contribution in [3.05, 3.63) is 29.3 Å². The Morgan fingerprint density at radius 2 is 2.00 bits per heavy atom. The minimum absolute atomic E-state index is 0.0226. The van der Waals surface area contributed by atoms with Crippen molar-refractivity contribution in [2.45, 2.75) is 33.1 Å². The van der Waals surface area contributed by atoms with Gasteiger partial charge < -0.3 is 10.0 Å². The Labute approximate surface area is 113 Å². The molecule has 0 aliphatic carbocycles. The standard InChI is InChI=1S/C15H19NO3/c1-10-4-3-5-11(2)15(10)16-7-6-12(8-13(16)17)9-14(18)19/h3-5,12H,6-9H2,1-2H3,(H,18,19). The van der Waals surface area contributed by atoms with Gasteiger partial charge in [-0.2, -0.15) is 0 Å². The number of aliphatic carboxylic acids is 1. The van der Waals surface area contributed by atoms with E-state index >= 15 is 0 Å². The van der Waals surface area contributed by atoms with Gasteiger partial charge >= 0.3 is 5.97 Å². The molecule has 1 amide bonds. The van der Waals surface area contributed by atoms with E-state index in [-0.39, 0.29) is 18.2 Å². The summed E-state index contributed by atoms with van der Waals surface area (Å²) in [6, 6.07) is 5.98. The highest BCUT2D eigenvalue weighted by atomic mass is 16.4. The largest absolute Gasteiger partial charge is 0.481 e. The van der Waals surface area contributed by atoms with Gasteiger partial charge in [0, 0.05) is 25.1 Å². The molecule has 1 saturated heterocycles. The predicted octanol–water partition coefficient (Wildman–Crippen LogP) is 2.52. The Hall–Kier alpha value is -1.84. The van der Waals surface area contributed by atoms with Crippen molar-refractivity contribution in [3.63, 3.8) is 0 Å². The number of carbonyl (C=O) groups is 2. The molecule has 1 aromatic rings. The molecule has 0 bridgehead atoms. The molecule has 1 aliphatic rings. The van der Waals surface area contributed by atoms with E-state index in [2.05, 4.69) is 0 Å². The zero-order valence-electron chi connectivity index (χ0n) is 11.3. The van der Waals surface area contributed by atoms with Crippen molar-refractivity contribution in [2.75, 3.05) is 11.4 Å². The number of carboxylic acid groups (broad SMARTS) is 1. The molecule has 0 aromatic heterocycles. The molecule has 4 heteroatoms. The van der Waals surface area contributed by atoms with Crippen molar-refractivity contribution >= 4 is 17.6 Å². The number of rotatable bonds is 3. The van der Waals surface area contributed by atoms with Crippen LogP contribution in [0, 0.1) is 19.8 Å². The average Bonchev–Trinajstić information content (AvgIpc) is 2.30. The fourth-order valence-electron chi connectivity index (χ4n) is 2.78. The monoisotopic (exact) mass is 261 g/mol. The van der Waals surface area contributed by atoms with E-state index < -0.39 is 5.97 Å². The summed E-state index contributed by atoms with van der Waals surface area (Å²) in [4.78, 5) is 24.7. The summed E-state index contributed by atoms with van der Waals surface area (Å²) >= 11 is 0. The molecule has 0 saturated carbocycles. The van der Waals surface area contributed by atoms with Crippen LogP contribution in [0.4, 0.5) is 5.69 Å². The van der Waals surface area contributed by atoms with Gasteiger partial charge in [-0.15, -0.1) is 0 Å². The number of nitrogens with zero attached hydrogens (tertiary/aromatic N) is 1. The second kappa shape index (κ2) is 5.43. The van der Waals surface area contributed by atoms with Crippen LogP contribution in [0.15, 0.2) is 18.2 Å². The molecule has 2 rings (SSSR count). The fourth-order valence-corrected chi connectivity index (χ4v) is 2.78. The van der Waals surface area contributed by atoms with Crippen molar-refractivity contribution in [1.29, 1.82) is 0 Å². The van der Waals surface area contributed by atoms with Gasteiger partial charge in [0.1, 0.15) is 0 Å². The van der Waals surface area contributed by atoms with Crippen LogP contribution in [0.25, 0.3) is 0 Å². The van der Waals surface area contributed by atoms with Gasteiger partial charge in [-0.3, -0.25) is 9.59 Å². The SMILES string of the molecule is Cc1cccc(C)c1N1CCC(CC(=O)O)CC1=O. The molecule has 1 unspecified atom stereocenters. The number of benzene rings is 1. The van der Waals surface area contributed by atoms with E-state index in [0.29, 0.717) is 13.0 Å². The summed E-state index contributed by atoms with van der Waals surface area (Å²) in [7, 11) is 0. The van der Waals surface area contributed by atoms with Gasteiger partial charge in [0.15, 0.2) is 0 Å². The third kappa shape index (κ3) is 2.95. The van der Waals surface area contributed by atoms with Gasteiger partial charge in [0.05, 0.1) is 0 Å². The first-order valence-electron chi connectivity index (χ1n) is 6.57. The summed E-state index contributed by atoms with van der Waals surface area (Å²) in [6.07, 6.45) is 1.18. The van der Waals surface area contributed by atoms with Crippen LogP contribution in [0.2, 0.25) is 0 Å². The van der Waals surface area contributed by atoms with Crippen LogP contribution in [0.1, 0.15) is 30.4 Å². The average molecular weight is 261 g/mol. The maximum atomic E-state index is 12.2. The smallest absolute Gasteiger partial charge is 0.303 e. The van der Waals surface area contributed by atoms with Crippen LogP contribution in [-0.4, -0.2) is 23.5 Å². The van der Waals surface area contributed by atoms with E-state index in [0.717, 1.165) is 23.2 Å². The Balaban J connectivity index is 2.16. The van der Waals surface area contributed by atoms with Crippen LogP contribution >= 0.6 is 0 Å². The Morgan fingerprint density at radius 1 is 1.37 bits per heavy atom. The molecule has 4 nitrogen and oxygen atoms in total. The zero-order chi connectivity index (χ0) is 14.0. The molecule has 1 aromatic carbocycles. The minimum atomic E-state index is -0.821. The second-order valence-electron chi connectivity index (χ2n) is 5.24. The van der Waals surface area contributed by atoms with Gasteiger partial charge in [0.25, 0.3) is 0 Å². The first-order valence-corrected chi connectivity index (χ1v) is 6.57. The van der Waals surface area contributed by atoms with Crippen LogP contribution in [0.3, 0.4) is 0 Å². The lowest BCUT2D eigenvalue weighted by Crippen LogP contribution is -2.40. The molecule has 1 fully saturated rings.